The van der Waals surface area contributed by atoms with E-state index in [1.54, 1.807) is 42.5 Å². The Labute approximate surface area is 204 Å². The molecule has 0 bridgehead atoms. The highest BCUT2D eigenvalue weighted by Crippen LogP contribution is 2.29. The van der Waals surface area contributed by atoms with Crippen molar-refractivity contribution in [1.82, 2.24) is 9.38 Å². The predicted molar refractivity (Wildman–Crippen MR) is 132 cm³/mol. The van der Waals surface area contributed by atoms with Crippen LogP contribution >= 0.6 is 15.9 Å². The van der Waals surface area contributed by atoms with Crippen LogP contribution < -0.4 is 10.3 Å². The van der Waals surface area contributed by atoms with Crippen LogP contribution in [0.3, 0.4) is 0 Å². The Morgan fingerprint density at radius 2 is 1.85 bits per heavy atom. The third kappa shape index (κ3) is 4.51. The number of nitrogens with zero attached hydrogens (tertiary/aromatic N) is 3. The first-order valence-corrected chi connectivity index (χ1v) is 12.4. The van der Waals surface area contributed by atoms with E-state index in [9.17, 15) is 18.5 Å². The molecule has 0 spiro atoms. The molecule has 0 aliphatic rings. The zero-order chi connectivity index (χ0) is 24.5. The summed E-state index contributed by atoms with van der Waals surface area (Å²) in [5, 5.41) is 9.72. The summed E-state index contributed by atoms with van der Waals surface area (Å²) >= 11 is 3.26. The number of hydrogen-bond acceptors (Lipinski definition) is 6. The first-order chi connectivity index (χ1) is 16.2. The SMILES string of the molecule is Cc1ccc(Oc2nc3ccccn3c(=O)c2C=C(C#N)S(=O)(=O)c2ccc(Br)cc2)c(C)c1. The lowest BCUT2D eigenvalue weighted by Crippen LogP contribution is -2.19. The number of allylic oxidation sites excluding steroid dienone is 1. The van der Waals surface area contributed by atoms with E-state index < -0.39 is 20.3 Å². The molecule has 9 heteroatoms. The van der Waals surface area contributed by atoms with E-state index in [2.05, 4.69) is 20.9 Å². The van der Waals surface area contributed by atoms with Crippen LogP contribution in [0.1, 0.15) is 16.7 Å². The predicted octanol–water partition coefficient (Wildman–Crippen LogP) is 5.20. The lowest BCUT2D eigenvalue weighted by molar-refractivity contribution is 0.457. The largest absolute Gasteiger partial charge is 0.438 e. The number of aromatic nitrogens is 2. The Hall–Kier alpha value is -3.74. The van der Waals surface area contributed by atoms with E-state index >= 15 is 0 Å². The fourth-order valence-corrected chi connectivity index (χ4v) is 4.75. The second kappa shape index (κ2) is 9.25. The van der Waals surface area contributed by atoms with Gasteiger partial charge in [-0.3, -0.25) is 9.20 Å². The van der Waals surface area contributed by atoms with Crippen molar-refractivity contribution in [3.8, 4) is 17.7 Å². The molecule has 2 aromatic heterocycles. The topological polar surface area (TPSA) is 102 Å². The van der Waals surface area contributed by atoms with Crippen LogP contribution in [0.4, 0.5) is 0 Å². The summed E-state index contributed by atoms with van der Waals surface area (Å²) in [4.78, 5) is 17.1. The van der Waals surface area contributed by atoms with E-state index in [0.29, 0.717) is 15.9 Å². The molecule has 0 aliphatic heterocycles. The number of nitriles is 1. The normalized spacial score (nSPS) is 11.9. The molecule has 170 valence electrons. The van der Waals surface area contributed by atoms with Crippen molar-refractivity contribution in [3.05, 3.63) is 103 Å². The first-order valence-electron chi connectivity index (χ1n) is 10.1. The van der Waals surface area contributed by atoms with Gasteiger partial charge in [-0.2, -0.15) is 10.2 Å². The number of fused-ring (bicyclic) bond motifs is 1. The van der Waals surface area contributed by atoms with Crippen LogP contribution in [0.5, 0.6) is 11.6 Å². The maximum atomic E-state index is 13.3. The minimum atomic E-state index is -4.19. The van der Waals surface area contributed by atoms with E-state index in [1.807, 2.05) is 26.0 Å². The summed E-state index contributed by atoms with van der Waals surface area (Å²) < 4.78 is 34.2. The fourth-order valence-electron chi connectivity index (χ4n) is 3.34. The molecule has 0 atom stereocenters. The average Bonchev–Trinajstić information content (AvgIpc) is 2.81. The van der Waals surface area contributed by atoms with E-state index in [1.165, 1.54) is 22.7 Å². The van der Waals surface area contributed by atoms with Gasteiger partial charge in [-0.15, -0.1) is 0 Å². The van der Waals surface area contributed by atoms with Gasteiger partial charge in [-0.05, 0) is 68.0 Å². The van der Waals surface area contributed by atoms with Gasteiger partial charge >= 0.3 is 0 Å². The number of rotatable bonds is 5. The molecule has 0 fully saturated rings. The van der Waals surface area contributed by atoms with Gasteiger partial charge < -0.3 is 4.74 Å². The molecule has 0 N–H and O–H groups in total. The Balaban J connectivity index is 1.94. The minimum absolute atomic E-state index is 0.0748. The molecule has 34 heavy (non-hydrogen) atoms. The summed E-state index contributed by atoms with van der Waals surface area (Å²) in [6.07, 6.45) is 2.53. The lowest BCUT2D eigenvalue weighted by atomic mass is 10.1. The van der Waals surface area contributed by atoms with E-state index in [0.717, 1.165) is 17.2 Å². The molecular formula is C25H18BrN3O4S. The van der Waals surface area contributed by atoms with E-state index in [-0.39, 0.29) is 16.3 Å². The zero-order valence-corrected chi connectivity index (χ0v) is 20.6. The molecule has 0 unspecified atom stereocenters. The summed E-state index contributed by atoms with van der Waals surface area (Å²) in [6, 6.07) is 18.1. The molecule has 0 aliphatic carbocycles. The van der Waals surface area contributed by atoms with Crippen LogP contribution in [0.2, 0.25) is 0 Å². The molecule has 0 saturated carbocycles. The van der Waals surface area contributed by atoms with Crippen molar-refractivity contribution in [2.45, 2.75) is 18.7 Å². The van der Waals surface area contributed by atoms with Crippen molar-refractivity contribution in [3.63, 3.8) is 0 Å². The molecule has 0 saturated heterocycles. The number of halogens is 1. The van der Waals surface area contributed by atoms with Gasteiger partial charge in [0, 0.05) is 10.7 Å². The van der Waals surface area contributed by atoms with Crippen LogP contribution in [0, 0.1) is 25.2 Å². The number of ether oxygens (including phenoxy) is 1. The Morgan fingerprint density at radius 1 is 1.12 bits per heavy atom. The molecule has 4 aromatic rings. The summed E-state index contributed by atoms with van der Waals surface area (Å²) in [6.45, 7) is 3.79. The molecule has 2 heterocycles. The Kier molecular flexibility index (Phi) is 6.37. The maximum absolute atomic E-state index is 13.3. The Bertz CT molecular complexity index is 1650. The summed E-state index contributed by atoms with van der Waals surface area (Å²) in [5.41, 5.74) is 1.44. The third-order valence-electron chi connectivity index (χ3n) is 5.07. The maximum Gasteiger partial charge on any atom is 0.269 e. The smallest absolute Gasteiger partial charge is 0.269 e. The standard InChI is InChI=1S/C25H18BrN3O4S/c1-16-6-11-22(17(2)13-16)33-24-21(25(30)29-12-4-3-5-23(29)28-24)14-20(15-27)34(31,32)19-9-7-18(26)8-10-19/h3-14H,1-2H3. The minimum Gasteiger partial charge on any atom is -0.438 e. The fraction of sp³-hybridized carbons (Fsp3) is 0.0800. The highest BCUT2D eigenvalue weighted by atomic mass is 79.9. The van der Waals surface area contributed by atoms with Crippen molar-refractivity contribution in [2.24, 2.45) is 0 Å². The number of hydrogen-bond donors (Lipinski definition) is 0. The molecule has 7 nitrogen and oxygen atoms in total. The second-order valence-corrected chi connectivity index (χ2v) is 10.3. The van der Waals surface area contributed by atoms with Crippen LogP contribution in [0.25, 0.3) is 11.7 Å². The average molecular weight is 536 g/mol. The van der Waals surface area contributed by atoms with Crippen molar-refractivity contribution >= 4 is 37.5 Å². The van der Waals surface area contributed by atoms with Crippen LogP contribution in [0.15, 0.2) is 85.9 Å². The second-order valence-electron chi connectivity index (χ2n) is 7.51. The van der Waals surface area contributed by atoms with Gasteiger partial charge in [-0.1, -0.05) is 39.7 Å². The van der Waals surface area contributed by atoms with Crippen LogP contribution in [-0.4, -0.2) is 17.8 Å². The molecule has 2 aromatic carbocycles. The van der Waals surface area contributed by atoms with Crippen molar-refractivity contribution in [1.29, 1.82) is 5.26 Å². The molecular weight excluding hydrogens is 518 g/mol. The van der Waals surface area contributed by atoms with Gasteiger partial charge in [-0.25, -0.2) is 8.42 Å². The van der Waals surface area contributed by atoms with Crippen molar-refractivity contribution in [2.75, 3.05) is 0 Å². The van der Waals surface area contributed by atoms with E-state index in [4.69, 9.17) is 4.74 Å². The molecule has 4 rings (SSSR count). The summed E-state index contributed by atoms with van der Waals surface area (Å²) in [5.74, 6) is 0.364. The number of pyridine rings is 1. The summed E-state index contributed by atoms with van der Waals surface area (Å²) in [7, 11) is -4.19. The number of benzene rings is 2. The number of sulfone groups is 1. The number of aryl methyl sites for hydroxylation is 2. The Morgan fingerprint density at radius 3 is 2.53 bits per heavy atom. The molecule has 0 amide bonds. The third-order valence-corrected chi connectivity index (χ3v) is 7.28. The highest BCUT2D eigenvalue weighted by molar-refractivity contribution is 9.10. The van der Waals surface area contributed by atoms with Gasteiger partial charge in [0.05, 0.1) is 4.90 Å². The van der Waals surface area contributed by atoms with Gasteiger partial charge in [0.2, 0.25) is 15.7 Å². The highest BCUT2D eigenvalue weighted by Gasteiger charge is 2.23. The molecule has 0 radical (unpaired) electrons. The monoisotopic (exact) mass is 535 g/mol. The van der Waals surface area contributed by atoms with Gasteiger partial charge in [0.1, 0.15) is 27.9 Å². The lowest BCUT2D eigenvalue weighted by Gasteiger charge is -2.12. The van der Waals surface area contributed by atoms with Gasteiger partial charge in [0.25, 0.3) is 5.56 Å². The van der Waals surface area contributed by atoms with Crippen LogP contribution in [-0.2, 0) is 9.84 Å². The van der Waals surface area contributed by atoms with Crippen molar-refractivity contribution < 1.29 is 13.2 Å². The quantitative estimate of drug-likeness (QED) is 0.325. The van der Waals surface area contributed by atoms with Gasteiger partial charge in [0.15, 0.2) is 0 Å². The zero-order valence-electron chi connectivity index (χ0n) is 18.2. The first kappa shape index (κ1) is 23.4.